The van der Waals surface area contributed by atoms with Crippen molar-refractivity contribution in [2.75, 3.05) is 0 Å². The Hall–Kier alpha value is -4.72. The van der Waals surface area contributed by atoms with Gasteiger partial charge in [-0.3, -0.25) is 0 Å². The SMILES string of the molecule is CC1(C2=CCCC=C2)OC(=O)C(=CC=C(CC=C2C(=O)OC(C)(C3=CCCC=C3)OC2=O)c2ccccc2)C(=O)O1. The molecule has 2 heterocycles. The van der Waals surface area contributed by atoms with Crippen molar-refractivity contribution in [1.29, 1.82) is 0 Å². The lowest BCUT2D eigenvalue weighted by atomic mass is 9.97. The lowest BCUT2D eigenvalue weighted by molar-refractivity contribution is -0.217. The van der Waals surface area contributed by atoms with Gasteiger partial charge in [-0.2, -0.15) is 0 Å². The van der Waals surface area contributed by atoms with Gasteiger partial charge in [0.15, 0.2) is 0 Å². The summed E-state index contributed by atoms with van der Waals surface area (Å²) >= 11 is 0. The summed E-state index contributed by atoms with van der Waals surface area (Å²) in [5.41, 5.74) is 2.07. The molecule has 0 bridgehead atoms. The molecular weight excluding hydrogens is 524 g/mol. The first kappa shape index (κ1) is 27.8. The molecule has 8 nitrogen and oxygen atoms in total. The standard InChI is InChI=1S/C33H30O8/c1-32(24-14-8-4-9-15-24)38-28(34)26(29(35)39-32)20-18-23(22-12-6-3-7-13-22)19-21-27-30(36)40-33(2,41-31(27)37)25-16-10-5-11-17-25/h3,6-8,10,12-18,20-21H,4-5,9,11,19H2,1-2H3. The zero-order valence-corrected chi connectivity index (χ0v) is 22.9. The number of carbonyl (C=O) groups is 4. The molecule has 2 aliphatic heterocycles. The van der Waals surface area contributed by atoms with E-state index in [1.807, 2.05) is 54.6 Å². The van der Waals surface area contributed by atoms with Crippen molar-refractivity contribution in [3.63, 3.8) is 0 Å². The van der Waals surface area contributed by atoms with Gasteiger partial charge in [-0.1, -0.05) is 78.9 Å². The smallest absolute Gasteiger partial charge is 0.349 e. The van der Waals surface area contributed by atoms with Gasteiger partial charge in [0.05, 0.1) is 0 Å². The van der Waals surface area contributed by atoms with E-state index in [0.717, 1.165) is 31.2 Å². The first-order valence-electron chi connectivity index (χ1n) is 13.5. The largest absolute Gasteiger partial charge is 0.414 e. The van der Waals surface area contributed by atoms with Crippen LogP contribution in [0.1, 0.15) is 51.5 Å². The van der Waals surface area contributed by atoms with Crippen LogP contribution in [0.15, 0.2) is 107 Å². The fourth-order valence-corrected chi connectivity index (χ4v) is 4.90. The van der Waals surface area contributed by atoms with Gasteiger partial charge in [-0.15, -0.1) is 0 Å². The first-order chi connectivity index (χ1) is 19.7. The van der Waals surface area contributed by atoms with E-state index in [1.54, 1.807) is 18.2 Å². The van der Waals surface area contributed by atoms with E-state index in [4.69, 9.17) is 18.9 Å². The Labute approximate surface area is 238 Å². The summed E-state index contributed by atoms with van der Waals surface area (Å²) in [6.45, 7) is 3.07. The Bertz CT molecular complexity index is 1460. The fraction of sp³-hybridized carbons (Fsp3) is 0.273. The molecule has 210 valence electrons. The Morgan fingerprint density at radius 2 is 1.20 bits per heavy atom. The maximum absolute atomic E-state index is 12.9. The predicted octanol–water partition coefficient (Wildman–Crippen LogP) is 5.50. The molecule has 0 amide bonds. The molecule has 0 aromatic heterocycles. The number of rotatable bonds is 6. The van der Waals surface area contributed by atoms with Gasteiger partial charge < -0.3 is 18.9 Å². The van der Waals surface area contributed by atoms with Crippen LogP contribution in [0, 0.1) is 0 Å². The molecule has 0 radical (unpaired) electrons. The zero-order valence-electron chi connectivity index (χ0n) is 22.9. The fourth-order valence-electron chi connectivity index (χ4n) is 4.90. The third-order valence-corrected chi connectivity index (χ3v) is 7.19. The number of ether oxygens (including phenoxy) is 4. The highest BCUT2D eigenvalue weighted by molar-refractivity contribution is 6.16. The number of carbonyl (C=O) groups excluding carboxylic acids is 4. The summed E-state index contributed by atoms with van der Waals surface area (Å²) in [6, 6.07) is 9.15. The minimum Gasteiger partial charge on any atom is -0.414 e. The van der Waals surface area contributed by atoms with Crippen molar-refractivity contribution in [3.05, 3.63) is 113 Å². The van der Waals surface area contributed by atoms with Gasteiger partial charge in [0.1, 0.15) is 11.1 Å². The van der Waals surface area contributed by atoms with E-state index in [2.05, 4.69) is 0 Å². The van der Waals surface area contributed by atoms with Gasteiger partial charge in [0, 0.05) is 25.0 Å². The van der Waals surface area contributed by atoms with E-state index >= 15 is 0 Å². The summed E-state index contributed by atoms with van der Waals surface area (Å²) in [6.07, 6.45) is 18.8. The number of hydrogen-bond acceptors (Lipinski definition) is 8. The normalized spacial score (nSPS) is 26.3. The average molecular weight is 555 g/mol. The van der Waals surface area contributed by atoms with Crippen LogP contribution in [0.25, 0.3) is 5.57 Å². The minimum atomic E-state index is -1.50. The van der Waals surface area contributed by atoms with E-state index in [9.17, 15) is 19.2 Å². The minimum absolute atomic E-state index is 0.103. The number of allylic oxidation sites excluding steroid dienone is 8. The number of esters is 4. The van der Waals surface area contributed by atoms with Crippen molar-refractivity contribution >= 4 is 29.5 Å². The first-order valence-corrected chi connectivity index (χ1v) is 13.5. The third kappa shape index (κ3) is 5.91. The summed E-state index contributed by atoms with van der Waals surface area (Å²) in [7, 11) is 0. The monoisotopic (exact) mass is 554 g/mol. The maximum Gasteiger partial charge on any atom is 0.349 e. The van der Waals surface area contributed by atoms with Crippen molar-refractivity contribution in [2.24, 2.45) is 0 Å². The van der Waals surface area contributed by atoms with Crippen LogP contribution in [-0.2, 0) is 38.1 Å². The van der Waals surface area contributed by atoms with E-state index in [1.165, 1.54) is 26.0 Å². The Kier molecular flexibility index (Phi) is 7.75. The van der Waals surface area contributed by atoms with Gasteiger partial charge in [0.25, 0.3) is 11.6 Å². The van der Waals surface area contributed by atoms with Crippen LogP contribution in [0.4, 0.5) is 0 Å². The van der Waals surface area contributed by atoms with Gasteiger partial charge in [-0.05, 0) is 49.3 Å². The second kappa shape index (κ2) is 11.4. The summed E-state index contributed by atoms with van der Waals surface area (Å²) < 4.78 is 22.2. The molecule has 1 aromatic carbocycles. The molecule has 5 rings (SSSR count). The molecule has 1 aromatic rings. The van der Waals surface area contributed by atoms with Crippen LogP contribution in [0.5, 0.6) is 0 Å². The summed E-state index contributed by atoms with van der Waals surface area (Å²) in [4.78, 5) is 51.5. The molecule has 4 aliphatic rings. The topological polar surface area (TPSA) is 105 Å². The molecule has 8 heteroatoms. The van der Waals surface area contributed by atoms with Crippen LogP contribution in [0.3, 0.4) is 0 Å². The summed E-state index contributed by atoms with van der Waals surface area (Å²) in [5.74, 6) is -6.20. The molecule has 2 saturated heterocycles. The van der Waals surface area contributed by atoms with Crippen molar-refractivity contribution in [2.45, 2.75) is 57.5 Å². The van der Waals surface area contributed by atoms with Gasteiger partial charge in [0.2, 0.25) is 0 Å². The highest BCUT2D eigenvalue weighted by Crippen LogP contribution is 2.35. The molecule has 0 unspecified atom stereocenters. The Morgan fingerprint density at radius 1 is 0.707 bits per heavy atom. The molecule has 0 saturated carbocycles. The molecule has 2 fully saturated rings. The van der Waals surface area contributed by atoms with E-state index in [-0.39, 0.29) is 17.6 Å². The average Bonchev–Trinajstić information content (AvgIpc) is 2.96. The summed E-state index contributed by atoms with van der Waals surface area (Å²) in [5, 5.41) is 0. The maximum atomic E-state index is 12.9. The second-order valence-electron chi connectivity index (χ2n) is 10.2. The van der Waals surface area contributed by atoms with Crippen molar-refractivity contribution < 1.29 is 38.1 Å². The number of benzene rings is 1. The lowest BCUT2D eigenvalue weighted by Gasteiger charge is -2.35. The van der Waals surface area contributed by atoms with E-state index in [0.29, 0.717) is 16.7 Å². The second-order valence-corrected chi connectivity index (χ2v) is 10.2. The van der Waals surface area contributed by atoms with E-state index < -0.39 is 35.5 Å². The van der Waals surface area contributed by atoms with Crippen molar-refractivity contribution in [3.8, 4) is 0 Å². The predicted molar refractivity (Wildman–Crippen MR) is 149 cm³/mol. The van der Waals surface area contributed by atoms with Crippen molar-refractivity contribution in [1.82, 2.24) is 0 Å². The molecular formula is C33H30O8. The number of hydrogen-bond donors (Lipinski definition) is 0. The quantitative estimate of drug-likeness (QED) is 0.258. The molecule has 0 spiro atoms. The molecule has 41 heavy (non-hydrogen) atoms. The zero-order chi connectivity index (χ0) is 29.0. The highest BCUT2D eigenvalue weighted by atomic mass is 16.8. The number of cyclic esters (lactones) is 4. The highest BCUT2D eigenvalue weighted by Gasteiger charge is 2.45. The van der Waals surface area contributed by atoms with Crippen LogP contribution in [-0.4, -0.2) is 35.5 Å². The van der Waals surface area contributed by atoms with Gasteiger partial charge in [-0.25, -0.2) is 19.2 Å². The van der Waals surface area contributed by atoms with Crippen LogP contribution >= 0.6 is 0 Å². The Morgan fingerprint density at radius 3 is 1.66 bits per heavy atom. The third-order valence-electron chi connectivity index (χ3n) is 7.19. The molecule has 0 N–H and O–H groups in total. The molecule has 0 atom stereocenters. The van der Waals surface area contributed by atoms with Gasteiger partial charge >= 0.3 is 23.9 Å². The molecule has 2 aliphatic carbocycles. The Balaban J connectivity index is 1.38. The van der Waals surface area contributed by atoms with Crippen LogP contribution < -0.4 is 0 Å². The lowest BCUT2D eigenvalue weighted by Crippen LogP contribution is -2.45. The van der Waals surface area contributed by atoms with Crippen LogP contribution in [0.2, 0.25) is 0 Å².